The fraction of sp³-hybridized carbons (Fsp3) is 0.444. The largest absolute Gasteiger partial charge is 0.508 e. The van der Waals surface area contributed by atoms with Crippen LogP contribution in [0.4, 0.5) is 10.5 Å². The molecule has 0 bridgehead atoms. The fourth-order valence-corrected chi connectivity index (χ4v) is 3.57. The Balaban J connectivity index is 2.41. The predicted molar refractivity (Wildman–Crippen MR) is 138 cm³/mol. The highest BCUT2D eigenvalue weighted by Crippen LogP contribution is 2.30. The Bertz CT molecular complexity index is 1060. The van der Waals surface area contributed by atoms with Crippen molar-refractivity contribution in [3.63, 3.8) is 0 Å². The third-order valence-corrected chi connectivity index (χ3v) is 5.56. The highest BCUT2D eigenvalue weighted by molar-refractivity contribution is 5.98. The van der Waals surface area contributed by atoms with Crippen molar-refractivity contribution in [3.8, 4) is 11.5 Å². The van der Waals surface area contributed by atoms with Crippen molar-refractivity contribution in [1.29, 1.82) is 0 Å². The first-order valence-electron chi connectivity index (χ1n) is 11.9. The fourth-order valence-electron chi connectivity index (χ4n) is 3.57. The number of aryl methyl sites for hydroxylation is 1. The molecular formula is C27H37N3O6. The van der Waals surface area contributed by atoms with E-state index in [1.807, 2.05) is 13.8 Å². The van der Waals surface area contributed by atoms with Crippen LogP contribution in [0.15, 0.2) is 42.5 Å². The zero-order valence-electron chi connectivity index (χ0n) is 22.0. The predicted octanol–water partition coefficient (Wildman–Crippen LogP) is 4.54. The Hall–Kier alpha value is -3.75. The molecule has 2 rings (SSSR count). The molecule has 0 radical (unpaired) electrons. The number of anilines is 1. The summed E-state index contributed by atoms with van der Waals surface area (Å²) < 4.78 is 10.4. The number of aromatic hydroxyl groups is 1. The maximum atomic E-state index is 13.6. The third kappa shape index (κ3) is 7.90. The number of carbonyl (C=O) groups is 3. The van der Waals surface area contributed by atoms with Crippen LogP contribution in [0.3, 0.4) is 0 Å². The number of benzene rings is 2. The van der Waals surface area contributed by atoms with Crippen LogP contribution in [0.1, 0.15) is 58.2 Å². The second-order valence-corrected chi connectivity index (χ2v) is 9.58. The van der Waals surface area contributed by atoms with Gasteiger partial charge in [-0.05, 0) is 88.6 Å². The number of phenols is 1. The van der Waals surface area contributed by atoms with Gasteiger partial charge in [0, 0.05) is 11.7 Å². The maximum Gasteiger partial charge on any atom is 0.408 e. The minimum Gasteiger partial charge on any atom is -0.508 e. The molecule has 3 N–H and O–H groups in total. The Morgan fingerprint density at radius 2 is 1.72 bits per heavy atom. The van der Waals surface area contributed by atoms with Gasteiger partial charge in [0.25, 0.3) is 5.91 Å². The summed E-state index contributed by atoms with van der Waals surface area (Å²) in [6.45, 7) is 10.3. The van der Waals surface area contributed by atoms with E-state index in [2.05, 4.69) is 10.6 Å². The topological polar surface area (TPSA) is 117 Å². The van der Waals surface area contributed by atoms with Gasteiger partial charge in [-0.1, -0.05) is 13.0 Å². The molecular weight excluding hydrogens is 462 g/mol. The van der Waals surface area contributed by atoms with Crippen LogP contribution in [0.5, 0.6) is 11.5 Å². The van der Waals surface area contributed by atoms with E-state index in [0.717, 1.165) is 0 Å². The van der Waals surface area contributed by atoms with Gasteiger partial charge in [0.05, 0.1) is 7.11 Å². The molecule has 2 atom stereocenters. The molecule has 0 spiro atoms. The Labute approximate surface area is 212 Å². The minimum absolute atomic E-state index is 0.0843. The lowest BCUT2D eigenvalue weighted by molar-refractivity contribution is -0.140. The van der Waals surface area contributed by atoms with Crippen molar-refractivity contribution < 1.29 is 29.0 Å². The lowest BCUT2D eigenvalue weighted by atomic mass is 9.99. The number of ether oxygens (including phenoxy) is 2. The number of alkyl carbamates (subject to hydrolysis) is 1. The van der Waals surface area contributed by atoms with Crippen LogP contribution in [0, 0.1) is 6.92 Å². The van der Waals surface area contributed by atoms with E-state index in [9.17, 15) is 19.5 Å². The number of nitrogens with zero attached hydrogens (tertiary/aromatic N) is 1. The molecule has 2 aromatic rings. The summed E-state index contributed by atoms with van der Waals surface area (Å²) in [5, 5.41) is 15.4. The molecule has 9 nitrogen and oxygen atoms in total. The average molecular weight is 500 g/mol. The van der Waals surface area contributed by atoms with E-state index in [1.165, 1.54) is 11.0 Å². The van der Waals surface area contributed by atoms with Crippen molar-refractivity contribution in [3.05, 3.63) is 53.6 Å². The molecule has 9 heteroatoms. The van der Waals surface area contributed by atoms with Crippen LogP contribution in [-0.2, 0) is 14.3 Å². The molecule has 196 valence electrons. The van der Waals surface area contributed by atoms with E-state index in [-0.39, 0.29) is 18.3 Å². The van der Waals surface area contributed by atoms with Gasteiger partial charge in [-0.3, -0.25) is 9.59 Å². The zero-order valence-corrected chi connectivity index (χ0v) is 22.0. The van der Waals surface area contributed by atoms with Gasteiger partial charge >= 0.3 is 6.09 Å². The van der Waals surface area contributed by atoms with E-state index in [4.69, 9.17) is 9.47 Å². The molecule has 0 saturated heterocycles. The summed E-state index contributed by atoms with van der Waals surface area (Å²) in [5.41, 5.74) is 0.915. The number of hydrogen-bond donors (Lipinski definition) is 3. The summed E-state index contributed by atoms with van der Waals surface area (Å²) in [7, 11) is 1.55. The molecule has 0 fully saturated rings. The van der Waals surface area contributed by atoms with Crippen LogP contribution >= 0.6 is 0 Å². The standard InChI is InChI=1S/C27H37N3O6/c1-8-18(3)30(23(32)16-28-26(34)36-27(4,5)6)24(19-9-14-22(31)17(2)15-19)25(33)29-20-10-12-21(35-7)13-11-20/h9-15,18,24,31H,8,16H2,1-7H3,(H,28,34)(H,29,33). The smallest absolute Gasteiger partial charge is 0.408 e. The van der Waals surface area contributed by atoms with Crippen LogP contribution in [-0.4, -0.2) is 53.2 Å². The maximum absolute atomic E-state index is 13.6. The van der Waals surface area contributed by atoms with Gasteiger partial charge in [-0.2, -0.15) is 0 Å². The summed E-state index contributed by atoms with van der Waals surface area (Å²) in [5.74, 6) is -0.156. The number of carbonyl (C=O) groups excluding carboxylic acids is 3. The van der Waals surface area contributed by atoms with Gasteiger partial charge in [0.2, 0.25) is 5.91 Å². The Morgan fingerprint density at radius 3 is 2.25 bits per heavy atom. The van der Waals surface area contributed by atoms with Crippen molar-refractivity contribution in [2.75, 3.05) is 19.0 Å². The van der Waals surface area contributed by atoms with Gasteiger partial charge < -0.3 is 30.1 Å². The van der Waals surface area contributed by atoms with Crippen molar-refractivity contribution in [2.24, 2.45) is 0 Å². The first-order chi connectivity index (χ1) is 16.9. The second kappa shape index (κ2) is 12.3. The first kappa shape index (κ1) is 28.5. The molecule has 0 aromatic heterocycles. The van der Waals surface area contributed by atoms with Gasteiger partial charge in [-0.15, -0.1) is 0 Å². The van der Waals surface area contributed by atoms with E-state index in [0.29, 0.717) is 29.0 Å². The summed E-state index contributed by atoms with van der Waals surface area (Å²) in [6.07, 6.45) is -0.152. The van der Waals surface area contributed by atoms with E-state index in [1.54, 1.807) is 71.2 Å². The summed E-state index contributed by atoms with van der Waals surface area (Å²) in [6, 6.07) is 10.3. The lowest BCUT2D eigenvalue weighted by Gasteiger charge is -2.36. The summed E-state index contributed by atoms with van der Waals surface area (Å²) >= 11 is 0. The van der Waals surface area contributed by atoms with Gasteiger partial charge in [0.1, 0.15) is 29.7 Å². The number of methoxy groups -OCH3 is 1. The van der Waals surface area contributed by atoms with E-state index >= 15 is 0 Å². The third-order valence-electron chi connectivity index (χ3n) is 5.56. The molecule has 0 aliphatic rings. The second-order valence-electron chi connectivity index (χ2n) is 9.58. The molecule has 2 unspecified atom stereocenters. The molecule has 0 saturated carbocycles. The monoisotopic (exact) mass is 499 g/mol. The highest BCUT2D eigenvalue weighted by atomic mass is 16.6. The average Bonchev–Trinajstić information content (AvgIpc) is 2.81. The van der Waals surface area contributed by atoms with Crippen LogP contribution in [0.2, 0.25) is 0 Å². The number of phenolic OH excluding ortho intramolecular Hbond substituents is 1. The first-order valence-corrected chi connectivity index (χ1v) is 11.9. The number of rotatable bonds is 9. The summed E-state index contributed by atoms with van der Waals surface area (Å²) in [4.78, 5) is 40.7. The van der Waals surface area contributed by atoms with Crippen molar-refractivity contribution >= 4 is 23.6 Å². The molecule has 0 heterocycles. The quantitative estimate of drug-likeness (QED) is 0.466. The lowest BCUT2D eigenvalue weighted by Crippen LogP contribution is -2.50. The molecule has 0 aliphatic heterocycles. The number of hydrogen-bond acceptors (Lipinski definition) is 6. The van der Waals surface area contributed by atoms with Crippen molar-refractivity contribution in [2.45, 2.75) is 65.6 Å². The Morgan fingerprint density at radius 1 is 1.08 bits per heavy atom. The van der Waals surface area contributed by atoms with Gasteiger partial charge in [0.15, 0.2) is 0 Å². The minimum atomic E-state index is -1.02. The zero-order chi connectivity index (χ0) is 27.0. The normalized spacial score (nSPS) is 12.8. The van der Waals surface area contributed by atoms with Gasteiger partial charge in [-0.25, -0.2) is 4.79 Å². The van der Waals surface area contributed by atoms with Crippen molar-refractivity contribution in [1.82, 2.24) is 10.2 Å². The van der Waals surface area contributed by atoms with Crippen LogP contribution in [0.25, 0.3) is 0 Å². The highest BCUT2D eigenvalue weighted by Gasteiger charge is 2.35. The molecule has 2 aromatic carbocycles. The number of amides is 3. The SMILES string of the molecule is CCC(C)N(C(=O)CNC(=O)OC(C)(C)C)C(C(=O)Nc1ccc(OC)cc1)c1ccc(O)c(C)c1. The molecule has 36 heavy (non-hydrogen) atoms. The Kier molecular flexibility index (Phi) is 9.72. The van der Waals surface area contributed by atoms with E-state index < -0.39 is 29.6 Å². The molecule has 3 amide bonds. The molecule has 0 aliphatic carbocycles. The van der Waals surface area contributed by atoms with Crippen LogP contribution < -0.4 is 15.4 Å². The number of nitrogens with one attached hydrogen (secondary N) is 2.